The summed E-state index contributed by atoms with van der Waals surface area (Å²) in [4.78, 5) is 10.8. The zero-order valence-electron chi connectivity index (χ0n) is 11.3. The SMILES string of the molecule is CC(CNS(=O)(=O)c1csc(C(=O)O)c1)Cn1cccn1. The predicted octanol–water partition coefficient (Wildman–Crippen LogP) is 1.26. The molecule has 114 valence electrons. The molecule has 0 aliphatic heterocycles. The summed E-state index contributed by atoms with van der Waals surface area (Å²) in [7, 11) is -3.68. The number of aromatic carboxylic acids is 1. The topological polar surface area (TPSA) is 101 Å². The lowest BCUT2D eigenvalue weighted by Crippen LogP contribution is -2.30. The van der Waals surface area contributed by atoms with E-state index in [2.05, 4.69) is 9.82 Å². The molecule has 1 atom stereocenters. The number of carbonyl (C=O) groups is 1. The van der Waals surface area contributed by atoms with Crippen LogP contribution in [0.5, 0.6) is 0 Å². The van der Waals surface area contributed by atoms with Gasteiger partial charge < -0.3 is 5.11 Å². The molecule has 0 aliphatic rings. The Hall–Kier alpha value is -1.71. The zero-order chi connectivity index (χ0) is 15.5. The molecule has 0 aromatic carbocycles. The number of hydrogen-bond donors (Lipinski definition) is 2. The van der Waals surface area contributed by atoms with Gasteiger partial charge in [-0.25, -0.2) is 17.9 Å². The Kier molecular flexibility index (Phi) is 4.76. The van der Waals surface area contributed by atoms with Crippen LogP contribution in [-0.2, 0) is 16.6 Å². The number of rotatable bonds is 7. The Morgan fingerprint density at radius 3 is 2.90 bits per heavy atom. The number of thiophene rings is 1. The molecule has 0 saturated carbocycles. The third kappa shape index (κ3) is 4.13. The Bertz CT molecular complexity index is 707. The number of hydrogen-bond acceptors (Lipinski definition) is 5. The van der Waals surface area contributed by atoms with E-state index in [0.29, 0.717) is 6.54 Å². The summed E-state index contributed by atoms with van der Waals surface area (Å²) in [5.41, 5.74) is 0. The van der Waals surface area contributed by atoms with Gasteiger partial charge in [-0.2, -0.15) is 5.10 Å². The van der Waals surface area contributed by atoms with Crippen molar-refractivity contribution in [2.75, 3.05) is 6.54 Å². The van der Waals surface area contributed by atoms with E-state index in [9.17, 15) is 13.2 Å². The number of sulfonamides is 1. The molecule has 0 fully saturated rings. The summed E-state index contributed by atoms with van der Waals surface area (Å²) >= 11 is 0.890. The third-order valence-electron chi connectivity index (χ3n) is 2.78. The van der Waals surface area contributed by atoms with Crippen LogP contribution in [0.25, 0.3) is 0 Å². The molecular weight excluding hydrogens is 314 g/mol. The van der Waals surface area contributed by atoms with Gasteiger partial charge in [-0.1, -0.05) is 6.92 Å². The second kappa shape index (κ2) is 6.37. The van der Waals surface area contributed by atoms with Crippen LogP contribution >= 0.6 is 11.3 Å². The Labute approximate surface area is 126 Å². The lowest BCUT2D eigenvalue weighted by Gasteiger charge is -2.12. The Morgan fingerprint density at radius 1 is 1.57 bits per heavy atom. The van der Waals surface area contributed by atoms with Crippen LogP contribution in [0.15, 0.2) is 34.8 Å². The summed E-state index contributed by atoms with van der Waals surface area (Å²) in [5.74, 6) is -1.08. The third-order valence-corrected chi connectivity index (χ3v) is 5.25. The van der Waals surface area contributed by atoms with Crippen LogP contribution in [0.4, 0.5) is 0 Å². The Morgan fingerprint density at radius 2 is 2.33 bits per heavy atom. The van der Waals surface area contributed by atoms with Gasteiger partial charge in [0.2, 0.25) is 10.0 Å². The highest BCUT2D eigenvalue weighted by molar-refractivity contribution is 7.89. The van der Waals surface area contributed by atoms with E-state index in [4.69, 9.17) is 5.11 Å². The second-order valence-corrected chi connectivity index (χ2v) is 7.32. The fourth-order valence-corrected chi connectivity index (χ4v) is 3.98. The largest absolute Gasteiger partial charge is 0.477 e. The molecular formula is C12H15N3O4S2. The van der Waals surface area contributed by atoms with E-state index >= 15 is 0 Å². The van der Waals surface area contributed by atoms with Gasteiger partial charge in [-0.15, -0.1) is 11.3 Å². The molecule has 0 amide bonds. The van der Waals surface area contributed by atoms with Crippen LogP contribution in [0, 0.1) is 5.92 Å². The number of nitrogens with zero attached hydrogens (tertiary/aromatic N) is 2. The van der Waals surface area contributed by atoms with Crippen molar-refractivity contribution >= 4 is 27.3 Å². The van der Waals surface area contributed by atoms with Gasteiger partial charge in [-0.3, -0.25) is 4.68 Å². The number of carboxylic acid groups (broad SMARTS) is 1. The molecule has 21 heavy (non-hydrogen) atoms. The summed E-state index contributed by atoms with van der Waals surface area (Å²) in [5, 5.41) is 14.2. The quantitative estimate of drug-likeness (QED) is 0.796. The maximum atomic E-state index is 12.1. The number of nitrogens with one attached hydrogen (secondary N) is 1. The minimum atomic E-state index is -3.68. The molecule has 9 heteroatoms. The highest BCUT2D eigenvalue weighted by Gasteiger charge is 2.19. The maximum absolute atomic E-state index is 12.1. The van der Waals surface area contributed by atoms with Crippen molar-refractivity contribution in [3.63, 3.8) is 0 Å². The van der Waals surface area contributed by atoms with Crippen molar-refractivity contribution in [1.82, 2.24) is 14.5 Å². The van der Waals surface area contributed by atoms with Gasteiger partial charge >= 0.3 is 5.97 Å². The van der Waals surface area contributed by atoms with E-state index in [1.807, 2.05) is 13.1 Å². The summed E-state index contributed by atoms with van der Waals surface area (Å²) in [6, 6.07) is 2.96. The number of aromatic nitrogens is 2. The van der Waals surface area contributed by atoms with E-state index in [1.54, 1.807) is 16.9 Å². The molecule has 2 heterocycles. The first-order chi connectivity index (χ1) is 9.88. The molecule has 0 spiro atoms. The van der Waals surface area contributed by atoms with Crippen molar-refractivity contribution < 1.29 is 18.3 Å². The lowest BCUT2D eigenvalue weighted by atomic mass is 10.2. The summed E-state index contributed by atoms with van der Waals surface area (Å²) < 4.78 is 28.3. The molecule has 0 bridgehead atoms. The van der Waals surface area contributed by atoms with Gasteiger partial charge in [0, 0.05) is 30.9 Å². The van der Waals surface area contributed by atoms with Gasteiger partial charge in [0.05, 0.1) is 4.90 Å². The van der Waals surface area contributed by atoms with Crippen molar-refractivity contribution in [3.05, 3.63) is 34.8 Å². The van der Waals surface area contributed by atoms with Crippen molar-refractivity contribution in [1.29, 1.82) is 0 Å². The van der Waals surface area contributed by atoms with Crippen LogP contribution in [0.2, 0.25) is 0 Å². The molecule has 0 saturated heterocycles. The van der Waals surface area contributed by atoms with Crippen molar-refractivity contribution in [3.8, 4) is 0 Å². The maximum Gasteiger partial charge on any atom is 0.345 e. The van der Waals surface area contributed by atoms with Crippen LogP contribution in [0.3, 0.4) is 0 Å². The number of carboxylic acids is 1. The lowest BCUT2D eigenvalue weighted by molar-refractivity contribution is 0.0702. The fourth-order valence-electron chi connectivity index (χ4n) is 1.70. The molecule has 1 unspecified atom stereocenters. The Balaban J connectivity index is 1.95. The van der Waals surface area contributed by atoms with Gasteiger partial charge in [0.1, 0.15) is 4.88 Å². The van der Waals surface area contributed by atoms with E-state index < -0.39 is 16.0 Å². The highest BCUT2D eigenvalue weighted by Crippen LogP contribution is 2.19. The zero-order valence-corrected chi connectivity index (χ0v) is 12.9. The summed E-state index contributed by atoms with van der Waals surface area (Å²) in [6.07, 6.45) is 3.47. The first-order valence-corrected chi connectivity index (χ1v) is 8.53. The van der Waals surface area contributed by atoms with Crippen molar-refractivity contribution in [2.45, 2.75) is 18.4 Å². The van der Waals surface area contributed by atoms with Crippen LogP contribution in [0.1, 0.15) is 16.6 Å². The first-order valence-electron chi connectivity index (χ1n) is 6.17. The summed E-state index contributed by atoms with van der Waals surface area (Å²) in [6.45, 7) is 2.75. The van der Waals surface area contributed by atoms with Crippen LogP contribution < -0.4 is 4.72 Å². The normalized spacial score (nSPS) is 13.2. The van der Waals surface area contributed by atoms with E-state index in [1.165, 1.54) is 5.38 Å². The molecule has 2 rings (SSSR count). The average molecular weight is 329 g/mol. The smallest absolute Gasteiger partial charge is 0.345 e. The molecule has 7 nitrogen and oxygen atoms in total. The molecule has 0 aliphatic carbocycles. The van der Waals surface area contributed by atoms with Gasteiger partial charge in [0.15, 0.2) is 0 Å². The second-order valence-electron chi connectivity index (χ2n) is 4.64. The van der Waals surface area contributed by atoms with E-state index in [-0.39, 0.29) is 22.2 Å². The minimum Gasteiger partial charge on any atom is -0.477 e. The van der Waals surface area contributed by atoms with Crippen molar-refractivity contribution in [2.24, 2.45) is 5.92 Å². The molecule has 2 aromatic rings. The average Bonchev–Trinajstić information content (AvgIpc) is 3.07. The first kappa shape index (κ1) is 15.7. The minimum absolute atomic E-state index is 0.0000328. The van der Waals surface area contributed by atoms with E-state index in [0.717, 1.165) is 17.4 Å². The predicted molar refractivity (Wildman–Crippen MR) is 77.9 cm³/mol. The monoisotopic (exact) mass is 329 g/mol. The van der Waals surface area contributed by atoms with Gasteiger partial charge in [-0.05, 0) is 18.1 Å². The standard InChI is InChI=1S/C12H15N3O4S2/c1-9(7-15-4-2-3-13-15)6-14-21(18,19)10-5-11(12(16)17)20-8-10/h2-5,8-9,14H,6-7H2,1H3,(H,16,17). The highest BCUT2D eigenvalue weighted by atomic mass is 32.2. The van der Waals surface area contributed by atoms with Gasteiger partial charge in [0.25, 0.3) is 0 Å². The molecule has 2 N–H and O–H groups in total. The van der Waals surface area contributed by atoms with Crippen LogP contribution in [-0.4, -0.2) is 35.8 Å². The fraction of sp³-hybridized carbons (Fsp3) is 0.333. The molecule has 0 radical (unpaired) electrons. The molecule has 2 aromatic heterocycles.